The van der Waals surface area contributed by atoms with Crippen LogP contribution in [-0.2, 0) is 9.59 Å². The van der Waals surface area contributed by atoms with E-state index in [9.17, 15) is 14.4 Å². The van der Waals surface area contributed by atoms with Crippen LogP contribution in [0.2, 0.25) is 0 Å². The molecule has 2 aromatic rings. The first-order valence-electron chi connectivity index (χ1n) is 9.48. The predicted molar refractivity (Wildman–Crippen MR) is 109 cm³/mol. The maximum atomic E-state index is 12.7. The molecular formula is C20H22N4O4S. The number of amides is 4. The van der Waals surface area contributed by atoms with Crippen LogP contribution in [0.5, 0.6) is 5.75 Å². The van der Waals surface area contributed by atoms with Crippen molar-refractivity contribution in [3.8, 4) is 17.0 Å². The smallest absolute Gasteiger partial charge is 0.325 e. The number of carbonyl (C=O) groups excluding carboxylic acids is 3. The quantitative estimate of drug-likeness (QED) is 0.733. The second-order valence-electron chi connectivity index (χ2n) is 7.31. The van der Waals surface area contributed by atoms with Crippen LogP contribution in [0.25, 0.3) is 11.3 Å². The van der Waals surface area contributed by atoms with Crippen molar-refractivity contribution < 1.29 is 19.1 Å². The molecule has 8 nitrogen and oxygen atoms in total. The van der Waals surface area contributed by atoms with Gasteiger partial charge in [0.1, 0.15) is 17.8 Å². The monoisotopic (exact) mass is 414 g/mol. The number of ether oxygens (including phenoxy) is 1. The third-order valence-corrected chi connectivity index (χ3v) is 6.30. The normalized spacial score (nSPS) is 17.7. The minimum Gasteiger partial charge on any atom is -0.497 e. The van der Waals surface area contributed by atoms with Crippen LogP contribution < -0.4 is 15.4 Å². The number of thiazole rings is 1. The SMILES string of the molecule is COc1ccc(-c2nc(NC(=O)CN3C(=O)NC4(CCCC4)C3=O)sc2C)cc1. The molecule has 2 heterocycles. The molecule has 0 radical (unpaired) electrons. The van der Waals surface area contributed by atoms with E-state index in [-0.39, 0.29) is 12.5 Å². The van der Waals surface area contributed by atoms with Gasteiger partial charge >= 0.3 is 6.03 Å². The number of carbonyl (C=O) groups is 3. The van der Waals surface area contributed by atoms with Crippen LogP contribution in [0, 0.1) is 6.92 Å². The number of benzene rings is 1. The molecule has 1 aliphatic heterocycles. The third kappa shape index (κ3) is 3.57. The zero-order valence-corrected chi connectivity index (χ0v) is 17.1. The average Bonchev–Trinajstić information content (AvgIpc) is 3.38. The highest BCUT2D eigenvalue weighted by atomic mass is 32.1. The molecule has 152 valence electrons. The van der Waals surface area contributed by atoms with E-state index in [1.165, 1.54) is 11.3 Å². The Kier molecular flexibility index (Phi) is 4.99. The summed E-state index contributed by atoms with van der Waals surface area (Å²) in [5, 5.41) is 5.92. The van der Waals surface area contributed by atoms with Gasteiger partial charge < -0.3 is 15.4 Å². The van der Waals surface area contributed by atoms with Crippen LogP contribution >= 0.6 is 11.3 Å². The summed E-state index contributed by atoms with van der Waals surface area (Å²) in [4.78, 5) is 43.8. The fraction of sp³-hybridized carbons (Fsp3) is 0.400. The Morgan fingerprint density at radius 3 is 2.62 bits per heavy atom. The van der Waals surface area contributed by atoms with Gasteiger partial charge in [0.05, 0.1) is 12.8 Å². The van der Waals surface area contributed by atoms with Gasteiger partial charge in [0.15, 0.2) is 5.13 Å². The van der Waals surface area contributed by atoms with Crippen LogP contribution in [-0.4, -0.2) is 46.9 Å². The minimum absolute atomic E-state index is 0.301. The molecule has 0 bridgehead atoms. The Hall–Kier alpha value is -2.94. The molecule has 4 amide bonds. The topological polar surface area (TPSA) is 101 Å². The van der Waals surface area contributed by atoms with Gasteiger partial charge in [0.25, 0.3) is 5.91 Å². The molecular weight excluding hydrogens is 392 g/mol. The molecule has 2 fully saturated rings. The molecule has 2 aliphatic rings. The molecule has 2 N–H and O–H groups in total. The van der Waals surface area contributed by atoms with E-state index in [0.717, 1.165) is 39.6 Å². The van der Waals surface area contributed by atoms with Crippen molar-refractivity contribution in [2.24, 2.45) is 0 Å². The summed E-state index contributed by atoms with van der Waals surface area (Å²) in [5.74, 6) is 0.00622. The molecule has 1 aromatic heterocycles. The number of aromatic nitrogens is 1. The summed E-state index contributed by atoms with van der Waals surface area (Å²) >= 11 is 1.35. The van der Waals surface area contributed by atoms with E-state index in [1.54, 1.807) is 7.11 Å². The zero-order chi connectivity index (χ0) is 20.6. The minimum atomic E-state index is -0.809. The molecule has 4 rings (SSSR count). The average molecular weight is 414 g/mol. The Labute approximate surface area is 172 Å². The van der Waals surface area contributed by atoms with Gasteiger partial charge in [-0.15, -0.1) is 11.3 Å². The molecule has 0 unspecified atom stereocenters. The molecule has 1 saturated carbocycles. The number of imide groups is 1. The number of nitrogens with one attached hydrogen (secondary N) is 2. The Morgan fingerprint density at radius 1 is 1.28 bits per heavy atom. The predicted octanol–water partition coefficient (Wildman–Crippen LogP) is 2.93. The van der Waals surface area contributed by atoms with Gasteiger partial charge in [-0.2, -0.15) is 0 Å². The molecule has 9 heteroatoms. The van der Waals surface area contributed by atoms with Gasteiger partial charge in [-0.3, -0.25) is 14.5 Å². The van der Waals surface area contributed by atoms with Crippen molar-refractivity contribution in [1.29, 1.82) is 0 Å². The van der Waals surface area contributed by atoms with Crippen molar-refractivity contribution in [1.82, 2.24) is 15.2 Å². The highest BCUT2D eigenvalue weighted by Crippen LogP contribution is 2.35. The molecule has 29 heavy (non-hydrogen) atoms. The summed E-state index contributed by atoms with van der Waals surface area (Å²) in [7, 11) is 1.61. The highest BCUT2D eigenvalue weighted by Gasteiger charge is 2.52. The van der Waals surface area contributed by atoms with Crippen LogP contribution in [0.15, 0.2) is 24.3 Å². The Balaban J connectivity index is 1.44. The lowest BCUT2D eigenvalue weighted by atomic mass is 9.98. The van der Waals surface area contributed by atoms with Crippen molar-refractivity contribution in [3.05, 3.63) is 29.1 Å². The summed E-state index contributed by atoms with van der Waals surface area (Å²) in [6.07, 6.45) is 3.07. The van der Waals surface area contributed by atoms with Gasteiger partial charge in [0.2, 0.25) is 5.91 Å². The second kappa shape index (κ2) is 7.47. The summed E-state index contributed by atoms with van der Waals surface area (Å²) in [6.45, 7) is 1.61. The number of rotatable bonds is 5. The van der Waals surface area contributed by atoms with Gasteiger partial charge in [-0.25, -0.2) is 9.78 Å². The molecule has 1 aliphatic carbocycles. The lowest BCUT2D eigenvalue weighted by molar-refractivity contribution is -0.133. The van der Waals surface area contributed by atoms with E-state index in [0.29, 0.717) is 18.0 Å². The number of hydrogen-bond acceptors (Lipinski definition) is 6. The number of methoxy groups -OCH3 is 1. The Morgan fingerprint density at radius 2 is 1.97 bits per heavy atom. The van der Waals surface area contributed by atoms with Crippen LogP contribution in [0.1, 0.15) is 30.6 Å². The maximum absolute atomic E-state index is 12.7. The zero-order valence-electron chi connectivity index (χ0n) is 16.3. The highest BCUT2D eigenvalue weighted by molar-refractivity contribution is 7.16. The summed E-state index contributed by atoms with van der Waals surface area (Å²) in [6, 6.07) is 7.01. The molecule has 1 aromatic carbocycles. The fourth-order valence-corrected chi connectivity index (χ4v) is 4.76. The van der Waals surface area contributed by atoms with E-state index in [1.807, 2.05) is 31.2 Å². The van der Waals surface area contributed by atoms with Crippen molar-refractivity contribution in [2.75, 3.05) is 19.0 Å². The van der Waals surface area contributed by atoms with Crippen molar-refractivity contribution in [2.45, 2.75) is 38.1 Å². The van der Waals surface area contributed by atoms with E-state index < -0.39 is 17.5 Å². The number of nitrogens with zero attached hydrogens (tertiary/aromatic N) is 2. The van der Waals surface area contributed by atoms with Crippen molar-refractivity contribution in [3.63, 3.8) is 0 Å². The molecule has 1 saturated heterocycles. The van der Waals surface area contributed by atoms with Crippen LogP contribution in [0.4, 0.5) is 9.93 Å². The van der Waals surface area contributed by atoms with E-state index in [2.05, 4.69) is 15.6 Å². The van der Waals surface area contributed by atoms with Gasteiger partial charge in [-0.1, -0.05) is 12.8 Å². The standard InChI is InChI=1S/C20H22N4O4S/c1-12-16(13-5-7-14(28-2)8-6-13)22-18(29-12)21-15(25)11-24-17(26)20(23-19(24)27)9-3-4-10-20/h5-8H,3-4,9-11H2,1-2H3,(H,23,27)(H,21,22,25). The lowest BCUT2D eigenvalue weighted by Gasteiger charge is -2.19. The van der Waals surface area contributed by atoms with E-state index >= 15 is 0 Å². The Bertz CT molecular complexity index is 963. The van der Waals surface area contributed by atoms with Gasteiger partial charge in [-0.05, 0) is 44.0 Å². The molecule has 1 spiro atoms. The number of aryl methyl sites for hydroxylation is 1. The number of anilines is 1. The second-order valence-corrected chi connectivity index (χ2v) is 8.51. The molecule has 0 atom stereocenters. The largest absolute Gasteiger partial charge is 0.497 e. The first-order chi connectivity index (χ1) is 13.9. The maximum Gasteiger partial charge on any atom is 0.325 e. The van der Waals surface area contributed by atoms with Gasteiger partial charge in [0, 0.05) is 10.4 Å². The first kappa shape index (κ1) is 19.4. The van der Waals surface area contributed by atoms with E-state index in [4.69, 9.17) is 4.74 Å². The third-order valence-electron chi connectivity index (χ3n) is 5.41. The fourth-order valence-electron chi connectivity index (χ4n) is 3.91. The van der Waals surface area contributed by atoms with Crippen LogP contribution in [0.3, 0.4) is 0 Å². The summed E-state index contributed by atoms with van der Waals surface area (Å²) in [5.41, 5.74) is 0.876. The number of hydrogen-bond donors (Lipinski definition) is 2. The summed E-state index contributed by atoms with van der Waals surface area (Å²) < 4.78 is 5.17. The van der Waals surface area contributed by atoms with Crippen molar-refractivity contribution >= 4 is 34.3 Å². The number of urea groups is 1. The first-order valence-corrected chi connectivity index (χ1v) is 10.3. The lowest BCUT2D eigenvalue weighted by Crippen LogP contribution is -2.44.